The molecule has 0 aliphatic carbocycles. The van der Waals surface area contributed by atoms with Crippen LogP contribution in [0.3, 0.4) is 0 Å². The van der Waals surface area contributed by atoms with Crippen molar-refractivity contribution in [3.05, 3.63) is 0 Å². The summed E-state index contributed by atoms with van der Waals surface area (Å²) in [5, 5.41) is 4.65. The van der Waals surface area contributed by atoms with Crippen molar-refractivity contribution in [1.29, 1.82) is 0 Å². The third-order valence-electron chi connectivity index (χ3n) is 2.70. The van der Waals surface area contributed by atoms with E-state index in [9.17, 15) is 0 Å². The van der Waals surface area contributed by atoms with E-state index in [2.05, 4.69) is 43.2 Å². The fourth-order valence-electron chi connectivity index (χ4n) is 1.69. The molecule has 0 spiro atoms. The molecule has 3 heteroatoms. The molecule has 3 nitrogen and oxygen atoms in total. The van der Waals surface area contributed by atoms with Crippen LogP contribution in [0.5, 0.6) is 0 Å². The highest BCUT2D eigenvalue weighted by molar-refractivity contribution is 4.77. The zero-order chi connectivity index (χ0) is 10.6. The number of nitrogens with zero attached hydrogens (tertiary/aromatic N) is 2. The van der Waals surface area contributed by atoms with Crippen LogP contribution in [0.25, 0.3) is 0 Å². The van der Waals surface area contributed by atoms with Gasteiger partial charge in [0, 0.05) is 25.2 Å². The first-order valence-corrected chi connectivity index (χ1v) is 5.83. The highest BCUT2D eigenvalue weighted by Crippen LogP contribution is 2.14. The van der Waals surface area contributed by atoms with Crippen molar-refractivity contribution < 1.29 is 0 Å². The Balaban J connectivity index is 2.21. The van der Waals surface area contributed by atoms with E-state index in [0.717, 1.165) is 13.1 Å². The van der Waals surface area contributed by atoms with Gasteiger partial charge < -0.3 is 0 Å². The van der Waals surface area contributed by atoms with E-state index in [1.165, 1.54) is 25.8 Å². The van der Waals surface area contributed by atoms with Gasteiger partial charge in [-0.25, -0.2) is 10.0 Å². The molecule has 84 valence electrons. The molecule has 0 amide bonds. The predicted octanol–water partition coefficient (Wildman–Crippen LogP) is 2.01. The summed E-state index contributed by atoms with van der Waals surface area (Å²) < 4.78 is 0. The fraction of sp³-hybridized carbons (Fsp3) is 1.00. The van der Waals surface area contributed by atoms with Crippen LogP contribution >= 0.6 is 0 Å². The largest absolute Gasteiger partial charge is 0.229 e. The highest BCUT2D eigenvalue weighted by Gasteiger charge is 2.27. The van der Waals surface area contributed by atoms with E-state index in [1.807, 2.05) is 0 Å². The number of unbranched alkanes of at least 4 members (excludes halogenated alkanes) is 2. The summed E-state index contributed by atoms with van der Waals surface area (Å²) in [6.45, 7) is 12.5. The van der Waals surface area contributed by atoms with Gasteiger partial charge in [-0.05, 0) is 27.2 Å². The van der Waals surface area contributed by atoms with Gasteiger partial charge >= 0.3 is 0 Å². The number of nitrogens with one attached hydrogen (secondary N) is 1. The summed E-state index contributed by atoms with van der Waals surface area (Å²) in [7, 11) is 0. The molecule has 0 unspecified atom stereocenters. The van der Waals surface area contributed by atoms with Crippen molar-refractivity contribution in [2.75, 3.05) is 19.6 Å². The molecule has 1 N–H and O–H groups in total. The van der Waals surface area contributed by atoms with Gasteiger partial charge in [0.15, 0.2) is 0 Å². The fourth-order valence-corrected chi connectivity index (χ4v) is 1.69. The third kappa shape index (κ3) is 3.56. The lowest BCUT2D eigenvalue weighted by molar-refractivity contribution is 0.0440. The molecular formula is C11H25N3. The predicted molar refractivity (Wildman–Crippen MR) is 60.7 cm³/mol. The van der Waals surface area contributed by atoms with E-state index < -0.39 is 0 Å². The first kappa shape index (κ1) is 12.0. The average molecular weight is 199 g/mol. The van der Waals surface area contributed by atoms with E-state index in [4.69, 9.17) is 0 Å². The van der Waals surface area contributed by atoms with Gasteiger partial charge in [-0.3, -0.25) is 0 Å². The first-order valence-electron chi connectivity index (χ1n) is 5.83. The molecule has 1 aliphatic rings. The summed E-state index contributed by atoms with van der Waals surface area (Å²) in [6.07, 6.45) is 3.95. The van der Waals surface area contributed by atoms with Gasteiger partial charge in [0.2, 0.25) is 0 Å². The van der Waals surface area contributed by atoms with E-state index >= 15 is 0 Å². The topological polar surface area (TPSA) is 18.5 Å². The van der Waals surface area contributed by atoms with E-state index in [1.54, 1.807) is 0 Å². The van der Waals surface area contributed by atoms with E-state index in [0.29, 0.717) is 0 Å². The number of hydrogen-bond donors (Lipinski definition) is 1. The first-order chi connectivity index (χ1) is 6.54. The molecule has 0 aromatic heterocycles. The molecule has 0 saturated carbocycles. The van der Waals surface area contributed by atoms with Crippen LogP contribution in [0.15, 0.2) is 0 Å². The zero-order valence-electron chi connectivity index (χ0n) is 10.1. The summed E-state index contributed by atoms with van der Waals surface area (Å²) in [6, 6.07) is 0. The molecule has 1 fully saturated rings. The number of hydrogen-bond acceptors (Lipinski definition) is 3. The maximum atomic E-state index is 3.46. The molecule has 0 bridgehead atoms. The van der Waals surface area contributed by atoms with Crippen molar-refractivity contribution in [3.8, 4) is 0 Å². The van der Waals surface area contributed by atoms with Crippen molar-refractivity contribution in [2.24, 2.45) is 0 Å². The molecule has 1 aliphatic heterocycles. The molecule has 14 heavy (non-hydrogen) atoms. The van der Waals surface area contributed by atoms with Crippen LogP contribution < -0.4 is 5.53 Å². The number of rotatable bonds is 4. The zero-order valence-corrected chi connectivity index (χ0v) is 10.1. The lowest BCUT2D eigenvalue weighted by Crippen LogP contribution is -2.49. The Morgan fingerprint density at radius 2 is 1.86 bits per heavy atom. The molecule has 0 aromatic rings. The Kier molecular flexibility index (Phi) is 4.35. The van der Waals surface area contributed by atoms with Gasteiger partial charge in [-0.2, -0.15) is 5.53 Å². The average Bonchev–Trinajstić information content (AvgIpc) is 2.52. The minimum atomic E-state index is 0.236. The van der Waals surface area contributed by atoms with Crippen LogP contribution in [0.4, 0.5) is 0 Å². The SMILES string of the molecule is CCCCCN1CCN(C(C)(C)C)N1. The van der Waals surface area contributed by atoms with Gasteiger partial charge in [-0.15, -0.1) is 0 Å². The van der Waals surface area contributed by atoms with Gasteiger partial charge in [0.1, 0.15) is 0 Å². The Morgan fingerprint density at radius 1 is 1.14 bits per heavy atom. The molecule has 1 rings (SSSR count). The van der Waals surface area contributed by atoms with Crippen LogP contribution in [-0.2, 0) is 0 Å². The van der Waals surface area contributed by atoms with Crippen LogP contribution in [-0.4, -0.2) is 35.2 Å². The molecule has 1 saturated heterocycles. The summed E-state index contributed by atoms with van der Waals surface area (Å²) in [5.41, 5.74) is 3.69. The molecule has 0 aromatic carbocycles. The number of hydrazine groups is 2. The van der Waals surface area contributed by atoms with Crippen LogP contribution in [0.2, 0.25) is 0 Å². The monoisotopic (exact) mass is 199 g/mol. The maximum Gasteiger partial charge on any atom is 0.0292 e. The van der Waals surface area contributed by atoms with Crippen molar-refractivity contribution in [2.45, 2.75) is 52.5 Å². The highest BCUT2D eigenvalue weighted by atomic mass is 15.8. The van der Waals surface area contributed by atoms with Gasteiger partial charge in [0.25, 0.3) is 0 Å². The maximum absolute atomic E-state index is 3.46. The quantitative estimate of drug-likeness (QED) is 0.699. The normalized spacial score (nSPS) is 20.6. The Bertz CT molecular complexity index is 162. The second-order valence-electron chi connectivity index (χ2n) is 5.12. The van der Waals surface area contributed by atoms with Gasteiger partial charge in [-0.1, -0.05) is 19.8 Å². The summed E-state index contributed by atoms with van der Waals surface area (Å²) in [4.78, 5) is 0. The lowest BCUT2D eigenvalue weighted by Gasteiger charge is -2.31. The minimum absolute atomic E-state index is 0.236. The lowest BCUT2D eigenvalue weighted by atomic mass is 10.1. The third-order valence-corrected chi connectivity index (χ3v) is 2.70. The second-order valence-corrected chi connectivity index (χ2v) is 5.12. The standard InChI is InChI=1S/C11H25N3/c1-5-6-7-8-13-9-10-14(12-13)11(2,3)4/h12H,5-10H2,1-4H3. The van der Waals surface area contributed by atoms with Crippen molar-refractivity contribution in [3.63, 3.8) is 0 Å². The summed E-state index contributed by atoms with van der Waals surface area (Å²) in [5.74, 6) is 0. The Labute approximate surface area is 88.4 Å². The van der Waals surface area contributed by atoms with Crippen molar-refractivity contribution >= 4 is 0 Å². The van der Waals surface area contributed by atoms with Gasteiger partial charge in [0.05, 0.1) is 0 Å². The van der Waals surface area contributed by atoms with Crippen LogP contribution in [0.1, 0.15) is 47.0 Å². The van der Waals surface area contributed by atoms with Crippen LogP contribution in [0, 0.1) is 0 Å². The Morgan fingerprint density at radius 3 is 2.36 bits per heavy atom. The molecule has 0 atom stereocenters. The second kappa shape index (κ2) is 5.10. The molecule has 1 heterocycles. The van der Waals surface area contributed by atoms with E-state index in [-0.39, 0.29) is 5.54 Å². The smallest absolute Gasteiger partial charge is 0.0292 e. The Hall–Kier alpha value is -0.120. The van der Waals surface area contributed by atoms with Crippen molar-refractivity contribution in [1.82, 2.24) is 15.6 Å². The minimum Gasteiger partial charge on any atom is -0.229 e. The summed E-state index contributed by atoms with van der Waals surface area (Å²) >= 11 is 0. The molecular weight excluding hydrogens is 174 g/mol. The molecule has 0 radical (unpaired) electrons.